The Morgan fingerprint density at radius 1 is 1.10 bits per heavy atom. The van der Waals surface area contributed by atoms with E-state index >= 15 is 0 Å². The molecule has 108 valence electrons. The van der Waals surface area contributed by atoms with Crippen molar-refractivity contribution in [1.82, 2.24) is 4.90 Å². The minimum absolute atomic E-state index is 0.0786. The van der Waals surface area contributed by atoms with Crippen molar-refractivity contribution < 1.29 is 0 Å². The van der Waals surface area contributed by atoms with Crippen molar-refractivity contribution in [2.24, 2.45) is 5.41 Å². The second-order valence-electron chi connectivity index (χ2n) is 5.50. The molecular formula is C18H24ClN. The molecule has 1 aliphatic carbocycles. The second-order valence-corrected chi connectivity index (χ2v) is 5.91. The van der Waals surface area contributed by atoms with E-state index in [1.165, 1.54) is 5.56 Å². The van der Waals surface area contributed by atoms with Crippen molar-refractivity contribution in [2.75, 3.05) is 19.6 Å². The van der Waals surface area contributed by atoms with Gasteiger partial charge < -0.3 is 4.90 Å². The van der Waals surface area contributed by atoms with Gasteiger partial charge in [0.25, 0.3) is 0 Å². The third kappa shape index (κ3) is 3.74. The molecule has 0 bridgehead atoms. The van der Waals surface area contributed by atoms with Gasteiger partial charge in [-0.2, -0.15) is 0 Å². The summed E-state index contributed by atoms with van der Waals surface area (Å²) < 4.78 is 0. The molecule has 0 aromatic heterocycles. The van der Waals surface area contributed by atoms with Crippen molar-refractivity contribution in [3.63, 3.8) is 0 Å². The van der Waals surface area contributed by atoms with Gasteiger partial charge in [-0.05, 0) is 37.6 Å². The Morgan fingerprint density at radius 3 is 2.35 bits per heavy atom. The first-order valence-electron chi connectivity index (χ1n) is 7.50. The maximum Gasteiger partial charge on any atom is 0.0438 e. The van der Waals surface area contributed by atoms with Crippen molar-refractivity contribution in [3.8, 4) is 0 Å². The lowest BCUT2D eigenvalue weighted by atomic mass is 9.78. The molecule has 1 aromatic carbocycles. The smallest absolute Gasteiger partial charge is 0.0438 e. The van der Waals surface area contributed by atoms with Crippen molar-refractivity contribution in [2.45, 2.75) is 26.7 Å². The number of benzene rings is 1. The minimum atomic E-state index is 0.0786. The molecule has 20 heavy (non-hydrogen) atoms. The molecule has 0 fully saturated rings. The summed E-state index contributed by atoms with van der Waals surface area (Å²) in [6.07, 6.45) is 11.3. The lowest BCUT2D eigenvalue weighted by molar-refractivity contribution is 0.232. The minimum Gasteiger partial charge on any atom is -0.303 e. The van der Waals surface area contributed by atoms with Crippen molar-refractivity contribution >= 4 is 11.6 Å². The Hall–Kier alpha value is -1.05. The fraction of sp³-hybridized carbons (Fsp3) is 0.444. The van der Waals surface area contributed by atoms with E-state index < -0.39 is 0 Å². The van der Waals surface area contributed by atoms with Gasteiger partial charge in [-0.3, -0.25) is 0 Å². The fourth-order valence-corrected chi connectivity index (χ4v) is 3.08. The number of hydrogen-bond acceptors (Lipinski definition) is 1. The fourth-order valence-electron chi connectivity index (χ4n) is 2.88. The summed E-state index contributed by atoms with van der Waals surface area (Å²) in [5, 5.41) is 0.874. The van der Waals surface area contributed by atoms with Gasteiger partial charge in [0, 0.05) is 17.0 Å². The average molecular weight is 290 g/mol. The molecule has 2 heteroatoms. The van der Waals surface area contributed by atoms with Gasteiger partial charge in [-0.1, -0.05) is 68.0 Å². The summed E-state index contributed by atoms with van der Waals surface area (Å²) in [7, 11) is 0. The molecule has 1 aliphatic rings. The van der Waals surface area contributed by atoms with Gasteiger partial charge >= 0.3 is 0 Å². The second kappa shape index (κ2) is 7.10. The molecule has 0 N–H and O–H groups in total. The topological polar surface area (TPSA) is 3.24 Å². The van der Waals surface area contributed by atoms with Crippen LogP contribution in [0.4, 0.5) is 0 Å². The molecule has 0 heterocycles. The first kappa shape index (κ1) is 15.3. The molecule has 0 unspecified atom stereocenters. The van der Waals surface area contributed by atoms with E-state index in [4.69, 9.17) is 11.6 Å². The zero-order valence-electron chi connectivity index (χ0n) is 12.5. The predicted octanol–water partition coefficient (Wildman–Crippen LogP) is 4.73. The molecule has 0 saturated heterocycles. The van der Waals surface area contributed by atoms with Gasteiger partial charge in [0.1, 0.15) is 0 Å². The molecule has 1 nitrogen and oxygen atoms in total. The third-order valence-electron chi connectivity index (χ3n) is 4.06. The highest BCUT2D eigenvalue weighted by Gasteiger charge is 2.28. The summed E-state index contributed by atoms with van der Waals surface area (Å²) in [6.45, 7) is 7.68. The van der Waals surface area contributed by atoms with Crippen LogP contribution in [0.3, 0.4) is 0 Å². The lowest BCUT2D eigenvalue weighted by Gasteiger charge is -2.35. The van der Waals surface area contributed by atoms with Gasteiger partial charge in [0.05, 0.1) is 0 Å². The zero-order valence-corrected chi connectivity index (χ0v) is 13.2. The van der Waals surface area contributed by atoms with Crippen molar-refractivity contribution in [1.29, 1.82) is 0 Å². The maximum atomic E-state index is 6.35. The Balaban J connectivity index is 2.24. The van der Waals surface area contributed by atoms with E-state index in [1.54, 1.807) is 0 Å². The van der Waals surface area contributed by atoms with Crippen LogP contribution in [-0.2, 0) is 6.42 Å². The molecular weight excluding hydrogens is 266 g/mol. The summed E-state index contributed by atoms with van der Waals surface area (Å²) in [5.41, 5.74) is 1.31. The number of nitrogens with zero attached hydrogens (tertiary/aromatic N) is 1. The summed E-state index contributed by atoms with van der Waals surface area (Å²) >= 11 is 6.35. The van der Waals surface area contributed by atoms with Crippen molar-refractivity contribution in [3.05, 3.63) is 59.2 Å². The van der Waals surface area contributed by atoms with Crippen LogP contribution in [0.1, 0.15) is 25.8 Å². The molecule has 0 saturated carbocycles. The maximum absolute atomic E-state index is 6.35. The van der Waals surface area contributed by atoms with Crippen LogP contribution in [0.5, 0.6) is 0 Å². The molecule has 0 spiro atoms. The number of allylic oxidation sites excluding steroid dienone is 2. The average Bonchev–Trinajstić information content (AvgIpc) is 2.48. The summed E-state index contributed by atoms with van der Waals surface area (Å²) in [5.74, 6) is 0. The van der Waals surface area contributed by atoms with E-state index in [-0.39, 0.29) is 5.41 Å². The van der Waals surface area contributed by atoms with Crippen LogP contribution in [0, 0.1) is 5.41 Å². The van der Waals surface area contributed by atoms with Crippen LogP contribution in [0.25, 0.3) is 0 Å². The summed E-state index contributed by atoms with van der Waals surface area (Å²) in [4.78, 5) is 2.48. The zero-order chi connectivity index (χ0) is 14.4. The van der Waals surface area contributed by atoms with Gasteiger partial charge in [-0.25, -0.2) is 0 Å². The molecule has 0 aliphatic heterocycles. The highest BCUT2D eigenvalue weighted by Crippen LogP contribution is 2.33. The first-order chi connectivity index (χ1) is 9.69. The van der Waals surface area contributed by atoms with Gasteiger partial charge in [-0.15, -0.1) is 0 Å². The quantitative estimate of drug-likeness (QED) is 0.685. The standard InChI is InChI=1S/C18H24ClN/c1-3-20(4-2)15-18(12-8-5-9-13-18)14-16-10-6-7-11-17(16)19/h6-13H,3-5,14-15H2,1-2H3. The normalized spacial score (nSPS) is 16.8. The highest BCUT2D eigenvalue weighted by atomic mass is 35.5. The monoisotopic (exact) mass is 289 g/mol. The molecule has 0 atom stereocenters. The Morgan fingerprint density at radius 2 is 1.75 bits per heavy atom. The molecule has 0 amide bonds. The van der Waals surface area contributed by atoms with E-state index in [0.29, 0.717) is 0 Å². The highest BCUT2D eigenvalue weighted by molar-refractivity contribution is 6.31. The molecule has 0 radical (unpaired) electrons. The lowest BCUT2D eigenvalue weighted by Crippen LogP contribution is -2.37. The van der Waals surface area contributed by atoms with Crippen LogP contribution in [0.15, 0.2) is 48.6 Å². The SMILES string of the molecule is CCN(CC)CC1(Cc2ccccc2Cl)C=CCC=C1. The van der Waals surface area contributed by atoms with Crippen LogP contribution in [0.2, 0.25) is 5.02 Å². The van der Waals surface area contributed by atoms with E-state index in [1.807, 2.05) is 12.1 Å². The number of hydrogen-bond donors (Lipinski definition) is 0. The Labute approximate surface area is 127 Å². The van der Waals surface area contributed by atoms with E-state index in [0.717, 1.165) is 37.5 Å². The number of rotatable bonds is 6. The van der Waals surface area contributed by atoms with Crippen LogP contribution >= 0.6 is 11.6 Å². The molecule has 2 rings (SSSR count). The third-order valence-corrected chi connectivity index (χ3v) is 4.43. The predicted molar refractivity (Wildman–Crippen MR) is 88.3 cm³/mol. The summed E-state index contributed by atoms with van der Waals surface area (Å²) in [6, 6.07) is 8.19. The van der Waals surface area contributed by atoms with Crippen LogP contribution in [-0.4, -0.2) is 24.5 Å². The molecule has 1 aromatic rings. The van der Waals surface area contributed by atoms with Crippen LogP contribution < -0.4 is 0 Å². The largest absolute Gasteiger partial charge is 0.303 e. The van der Waals surface area contributed by atoms with Gasteiger partial charge in [0.2, 0.25) is 0 Å². The van der Waals surface area contributed by atoms with E-state index in [9.17, 15) is 0 Å². The number of halogens is 1. The Bertz CT molecular complexity index is 474. The van der Waals surface area contributed by atoms with Gasteiger partial charge in [0.15, 0.2) is 0 Å². The Kier molecular flexibility index (Phi) is 5.45. The van der Waals surface area contributed by atoms with E-state index in [2.05, 4.69) is 55.2 Å². The first-order valence-corrected chi connectivity index (χ1v) is 7.88.